The second kappa shape index (κ2) is 6.03. The highest BCUT2D eigenvalue weighted by atomic mass is 16.6. The van der Waals surface area contributed by atoms with Gasteiger partial charge in [-0.3, -0.25) is 9.59 Å². The quantitative estimate of drug-likeness (QED) is 0.537. The molecule has 1 aliphatic rings. The molecule has 0 aliphatic heterocycles. The summed E-state index contributed by atoms with van der Waals surface area (Å²) in [5.41, 5.74) is -1.38. The zero-order valence-electron chi connectivity index (χ0n) is 10.4. The lowest BCUT2D eigenvalue weighted by Gasteiger charge is -2.29. The van der Waals surface area contributed by atoms with Crippen LogP contribution in [0, 0.1) is 37.0 Å². The van der Waals surface area contributed by atoms with E-state index in [2.05, 4.69) is 0 Å². The Morgan fingerprint density at radius 2 is 1.47 bits per heavy atom. The van der Waals surface area contributed by atoms with E-state index in [9.17, 15) is 9.59 Å². The smallest absolute Gasteiger partial charge is 0.323 e. The first-order valence-electron chi connectivity index (χ1n) is 5.64. The standard InChI is InChI=1S/C13H17O4/c1-4-16-11(14)13(3,12(15)17-5-2)10-8-6-7-9-10/h6-9H,4-5H2,1-3H3. The fraction of sp³-hybridized carbons (Fsp3) is 0.462. The van der Waals surface area contributed by atoms with Gasteiger partial charge in [0.2, 0.25) is 0 Å². The van der Waals surface area contributed by atoms with Crippen molar-refractivity contribution < 1.29 is 19.1 Å². The van der Waals surface area contributed by atoms with Gasteiger partial charge in [0, 0.05) is 5.92 Å². The molecule has 0 aromatic heterocycles. The fourth-order valence-corrected chi connectivity index (χ4v) is 1.58. The SMILES string of the molecule is CCOC(=O)C(C)([C]1[CH][CH][CH][CH]1)C(=O)OCC. The third-order valence-corrected chi connectivity index (χ3v) is 2.61. The third-order valence-electron chi connectivity index (χ3n) is 2.61. The van der Waals surface area contributed by atoms with Crippen molar-refractivity contribution in [1.82, 2.24) is 0 Å². The molecule has 1 saturated carbocycles. The van der Waals surface area contributed by atoms with Gasteiger partial charge in [-0.2, -0.15) is 0 Å². The van der Waals surface area contributed by atoms with Gasteiger partial charge in [0.25, 0.3) is 0 Å². The summed E-state index contributed by atoms with van der Waals surface area (Å²) >= 11 is 0. The molecule has 0 aromatic rings. The Labute approximate surface area is 103 Å². The van der Waals surface area contributed by atoms with Gasteiger partial charge in [-0.25, -0.2) is 0 Å². The molecule has 0 N–H and O–H groups in total. The summed E-state index contributed by atoms with van der Waals surface area (Å²) in [6, 6.07) is 0. The monoisotopic (exact) mass is 237 g/mol. The van der Waals surface area contributed by atoms with Gasteiger partial charge >= 0.3 is 11.9 Å². The highest BCUT2D eigenvalue weighted by Crippen LogP contribution is 2.41. The van der Waals surface area contributed by atoms with Crippen molar-refractivity contribution in [2.45, 2.75) is 20.8 Å². The van der Waals surface area contributed by atoms with E-state index in [1.807, 2.05) is 0 Å². The Morgan fingerprint density at radius 1 is 1.06 bits per heavy atom. The van der Waals surface area contributed by atoms with Crippen LogP contribution in [0.5, 0.6) is 0 Å². The van der Waals surface area contributed by atoms with Gasteiger partial charge in [0.1, 0.15) is 0 Å². The van der Waals surface area contributed by atoms with E-state index in [0.717, 1.165) is 0 Å². The van der Waals surface area contributed by atoms with Crippen molar-refractivity contribution in [2.24, 2.45) is 5.41 Å². The fourth-order valence-electron chi connectivity index (χ4n) is 1.58. The number of esters is 2. The average Bonchev–Trinajstić information content (AvgIpc) is 2.82. The van der Waals surface area contributed by atoms with E-state index in [4.69, 9.17) is 9.47 Å². The summed E-state index contributed by atoms with van der Waals surface area (Å²) in [5.74, 6) is -0.566. The van der Waals surface area contributed by atoms with Crippen molar-refractivity contribution in [2.75, 3.05) is 13.2 Å². The van der Waals surface area contributed by atoms with Gasteiger partial charge in [-0.1, -0.05) is 0 Å². The molecule has 4 heteroatoms. The minimum atomic E-state index is -1.38. The van der Waals surface area contributed by atoms with Crippen LogP contribution in [0.15, 0.2) is 0 Å². The van der Waals surface area contributed by atoms with Crippen LogP contribution >= 0.6 is 0 Å². The van der Waals surface area contributed by atoms with Crippen LogP contribution in [0.25, 0.3) is 0 Å². The zero-order valence-corrected chi connectivity index (χ0v) is 10.4. The van der Waals surface area contributed by atoms with Gasteiger partial charge < -0.3 is 9.47 Å². The maximum Gasteiger partial charge on any atom is 0.323 e. The van der Waals surface area contributed by atoms with E-state index in [0.29, 0.717) is 5.92 Å². The molecule has 0 heterocycles. The normalized spacial score (nSPS) is 16.9. The Balaban J connectivity index is 2.89. The van der Waals surface area contributed by atoms with Crippen molar-refractivity contribution in [3.05, 3.63) is 31.6 Å². The largest absolute Gasteiger partial charge is 0.465 e. The molecule has 93 valence electrons. The van der Waals surface area contributed by atoms with Crippen LogP contribution in [0.3, 0.4) is 0 Å². The molecule has 1 rings (SSSR count). The molecule has 17 heavy (non-hydrogen) atoms. The summed E-state index contributed by atoms with van der Waals surface area (Å²) in [5, 5.41) is 0. The molecule has 5 radical (unpaired) electrons. The first-order chi connectivity index (χ1) is 8.07. The predicted octanol–water partition coefficient (Wildman–Crippen LogP) is 1.52. The highest BCUT2D eigenvalue weighted by Gasteiger charge is 2.52. The molecule has 1 aliphatic carbocycles. The minimum Gasteiger partial charge on any atom is -0.465 e. The second-order valence-electron chi connectivity index (χ2n) is 3.74. The van der Waals surface area contributed by atoms with Crippen LogP contribution in [0.2, 0.25) is 0 Å². The number of carbonyl (C=O) groups is 2. The second-order valence-corrected chi connectivity index (χ2v) is 3.74. The average molecular weight is 237 g/mol. The summed E-state index contributed by atoms with van der Waals surface area (Å²) in [7, 11) is 0. The highest BCUT2D eigenvalue weighted by molar-refractivity contribution is 6.03. The molecule has 0 saturated heterocycles. The molecule has 0 aromatic carbocycles. The Morgan fingerprint density at radius 3 is 1.82 bits per heavy atom. The molecule has 0 atom stereocenters. The van der Waals surface area contributed by atoms with Crippen LogP contribution in [-0.4, -0.2) is 25.2 Å². The van der Waals surface area contributed by atoms with Gasteiger partial charge in [-0.05, 0) is 46.5 Å². The lowest BCUT2D eigenvalue weighted by atomic mass is 9.76. The Kier molecular flexibility index (Phi) is 4.97. The Bertz CT molecular complexity index is 261. The lowest BCUT2D eigenvalue weighted by Crippen LogP contribution is -2.44. The molecular formula is C13H17O4. The number of hydrogen-bond acceptors (Lipinski definition) is 4. The summed E-state index contributed by atoms with van der Waals surface area (Å²) in [6.07, 6.45) is 6.97. The van der Waals surface area contributed by atoms with Gasteiger partial charge in [-0.15, -0.1) is 0 Å². The molecule has 1 fully saturated rings. The van der Waals surface area contributed by atoms with E-state index in [1.165, 1.54) is 6.92 Å². The zero-order chi connectivity index (χ0) is 12.9. The molecule has 0 bridgehead atoms. The van der Waals surface area contributed by atoms with Gasteiger partial charge in [0.05, 0.1) is 13.2 Å². The van der Waals surface area contributed by atoms with Crippen molar-refractivity contribution >= 4 is 11.9 Å². The van der Waals surface area contributed by atoms with E-state index in [-0.39, 0.29) is 13.2 Å². The molecular weight excluding hydrogens is 220 g/mol. The number of ether oxygens (including phenoxy) is 2. The lowest BCUT2D eigenvalue weighted by molar-refractivity contribution is -0.168. The minimum absolute atomic E-state index is 0.231. The molecule has 0 spiro atoms. The summed E-state index contributed by atoms with van der Waals surface area (Å²) in [4.78, 5) is 23.9. The Hall–Kier alpha value is -1.06. The first kappa shape index (κ1) is 14.0. The molecule has 0 unspecified atom stereocenters. The van der Waals surface area contributed by atoms with E-state index in [1.54, 1.807) is 39.5 Å². The molecule has 4 nitrogen and oxygen atoms in total. The van der Waals surface area contributed by atoms with E-state index >= 15 is 0 Å². The van der Waals surface area contributed by atoms with Crippen LogP contribution in [0.4, 0.5) is 0 Å². The van der Waals surface area contributed by atoms with Crippen molar-refractivity contribution in [1.29, 1.82) is 0 Å². The van der Waals surface area contributed by atoms with E-state index < -0.39 is 17.4 Å². The summed E-state index contributed by atoms with van der Waals surface area (Å²) < 4.78 is 9.92. The van der Waals surface area contributed by atoms with Crippen molar-refractivity contribution in [3.8, 4) is 0 Å². The predicted molar refractivity (Wildman–Crippen MR) is 61.8 cm³/mol. The third kappa shape index (κ3) is 2.79. The number of rotatable bonds is 5. The number of hydrogen-bond donors (Lipinski definition) is 0. The topological polar surface area (TPSA) is 52.6 Å². The maximum atomic E-state index is 12.0. The number of carbonyl (C=O) groups excluding carboxylic acids is 2. The van der Waals surface area contributed by atoms with Crippen LogP contribution in [-0.2, 0) is 19.1 Å². The van der Waals surface area contributed by atoms with Crippen molar-refractivity contribution in [3.63, 3.8) is 0 Å². The van der Waals surface area contributed by atoms with Crippen LogP contribution < -0.4 is 0 Å². The maximum absolute atomic E-state index is 12.0. The van der Waals surface area contributed by atoms with Crippen LogP contribution in [0.1, 0.15) is 20.8 Å². The summed E-state index contributed by atoms with van der Waals surface area (Å²) in [6.45, 7) is 5.39. The first-order valence-corrected chi connectivity index (χ1v) is 5.64. The van der Waals surface area contributed by atoms with Gasteiger partial charge in [0.15, 0.2) is 5.41 Å². The molecule has 0 amide bonds.